The zero-order valence-electron chi connectivity index (χ0n) is 17.8. The van der Waals surface area contributed by atoms with Crippen LogP contribution in [0.4, 0.5) is 0 Å². The zero-order chi connectivity index (χ0) is 20.8. The third kappa shape index (κ3) is 6.00. The molecule has 3 aromatic rings. The molecular weight excluding hydrogens is 521 g/mol. The third-order valence-corrected chi connectivity index (χ3v) is 6.59. The molecule has 6 nitrogen and oxygen atoms in total. The normalized spacial score (nSPS) is 13.6. The standard InChI is InChI=1S/C23H29N5OS.HI/c1-24-23(25-11-4-13-27-14-8-18-5-2-3-6-20(18)27)26-12-7-22(29)28-15-9-21-19(17-28)10-16-30-21;/h2-3,5-6,8,10,14,16H,4,7,9,11-13,15,17H2,1H3,(H2,24,25,26);1H. The largest absolute Gasteiger partial charge is 0.356 e. The average Bonchev–Trinajstić information content (AvgIpc) is 3.41. The lowest BCUT2D eigenvalue weighted by atomic mass is 10.1. The molecule has 1 aromatic carbocycles. The third-order valence-electron chi connectivity index (χ3n) is 5.56. The number of aromatic nitrogens is 1. The van der Waals surface area contributed by atoms with Gasteiger partial charge in [-0.15, -0.1) is 35.3 Å². The number of hydrogen-bond acceptors (Lipinski definition) is 3. The summed E-state index contributed by atoms with van der Waals surface area (Å²) in [6, 6.07) is 12.7. The van der Waals surface area contributed by atoms with Crippen molar-refractivity contribution in [1.82, 2.24) is 20.1 Å². The molecule has 0 spiro atoms. The summed E-state index contributed by atoms with van der Waals surface area (Å²) in [5, 5.41) is 10.0. The Morgan fingerprint density at radius 3 is 2.87 bits per heavy atom. The molecule has 31 heavy (non-hydrogen) atoms. The van der Waals surface area contributed by atoms with Crippen LogP contribution in [0.1, 0.15) is 23.3 Å². The Bertz CT molecular complexity index is 1030. The maximum atomic E-state index is 12.5. The van der Waals surface area contributed by atoms with Crippen LogP contribution >= 0.6 is 35.3 Å². The highest BCUT2D eigenvalue weighted by Gasteiger charge is 2.20. The number of hydrogen-bond donors (Lipinski definition) is 2. The first-order valence-corrected chi connectivity index (χ1v) is 11.4. The van der Waals surface area contributed by atoms with Gasteiger partial charge in [-0.2, -0.15) is 0 Å². The zero-order valence-corrected chi connectivity index (χ0v) is 21.0. The Balaban J connectivity index is 0.00000272. The van der Waals surface area contributed by atoms with Gasteiger partial charge in [0.2, 0.25) is 5.91 Å². The Kier molecular flexibility index (Phi) is 8.77. The maximum Gasteiger partial charge on any atom is 0.224 e. The molecule has 8 heteroatoms. The number of carbonyl (C=O) groups excluding carboxylic acids is 1. The van der Waals surface area contributed by atoms with Gasteiger partial charge in [-0.1, -0.05) is 18.2 Å². The molecular formula is C23H30IN5OS. The molecule has 1 aliphatic rings. The molecule has 0 atom stereocenters. The SMILES string of the molecule is CN=C(NCCCn1ccc2ccccc21)NCCC(=O)N1CCc2sccc2C1.I. The van der Waals surface area contributed by atoms with E-state index in [1.165, 1.54) is 21.3 Å². The van der Waals surface area contributed by atoms with E-state index in [1.54, 1.807) is 18.4 Å². The van der Waals surface area contributed by atoms with Gasteiger partial charge in [0, 0.05) is 62.8 Å². The fraction of sp³-hybridized carbons (Fsp3) is 0.391. The number of halogens is 1. The number of nitrogens with zero attached hydrogens (tertiary/aromatic N) is 3. The summed E-state index contributed by atoms with van der Waals surface area (Å²) in [5.74, 6) is 0.952. The van der Waals surface area contributed by atoms with Crippen molar-refractivity contribution < 1.29 is 4.79 Å². The molecule has 1 aliphatic heterocycles. The molecule has 0 aliphatic carbocycles. The number of guanidine groups is 1. The summed E-state index contributed by atoms with van der Waals surface area (Å²) in [4.78, 5) is 20.2. The predicted octanol–water partition coefficient (Wildman–Crippen LogP) is 3.85. The van der Waals surface area contributed by atoms with Crippen LogP contribution in [0.15, 0.2) is 53.0 Å². The predicted molar refractivity (Wildman–Crippen MR) is 139 cm³/mol. The fourth-order valence-corrected chi connectivity index (χ4v) is 4.81. The lowest BCUT2D eigenvalue weighted by Gasteiger charge is -2.27. The van der Waals surface area contributed by atoms with Crippen LogP contribution in [0.25, 0.3) is 10.9 Å². The van der Waals surface area contributed by atoms with Crippen LogP contribution in [-0.4, -0.2) is 48.0 Å². The number of amides is 1. The van der Waals surface area contributed by atoms with Crippen molar-refractivity contribution in [2.24, 2.45) is 4.99 Å². The summed E-state index contributed by atoms with van der Waals surface area (Å²) in [7, 11) is 1.76. The van der Waals surface area contributed by atoms with Crippen molar-refractivity contribution in [1.29, 1.82) is 0 Å². The lowest BCUT2D eigenvalue weighted by Crippen LogP contribution is -2.41. The molecule has 2 aromatic heterocycles. The highest BCUT2D eigenvalue weighted by Crippen LogP contribution is 2.24. The van der Waals surface area contributed by atoms with Crippen LogP contribution in [-0.2, 0) is 24.3 Å². The second kappa shape index (κ2) is 11.5. The van der Waals surface area contributed by atoms with E-state index >= 15 is 0 Å². The number of fused-ring (bicyclic) bond motifs is 2. The van der Waals surface area contributed by atoms with Crippen molar-refractivity contribution in [2.45, 2.75) is 32.4 Å². The fourth-order valence-electron chi connectivity index (χ4n) is 3.92. The number of aliphatic imine (C=N–C) groups is 1. The monoisotopic (exact) mass is 551 g/mol. The topological polar surface area (TPSA) is 61.7 Å². The number of nitrogens with one attached hydrogen (secondary N) is 2. The van der Waals surface area contributed by atoms with Crippen LogP contribution in [0, 0.1) is 0 Å². The van der Waals surface area contributed by atoms with E-state index in [0.29, 0.717) is 13.0 Å². The first-order chi connectivity index (χ1) is 14.7. The van der Waals surface area contributed by atoms with E-state index in [2.05, 4.69) is 68.2 Å². The lowest BCUT2D eigenvalue weighted by molar-refractivity contribution is -0.131. The molecule has 4 rings (SSSR count). The summed E-state index contributed by atoms with van der Waals surface area (Å²) >= 11 is 1.80. The summed E-state index contributed by atoms with van der Waals surface area (Å²) in [6.07, 6.45) is 4.60. The Morgan fingerprint density at radius 1 is 1.16 bits per heavy atom. The van der Waals surface area contributed by atoms with Gasteiger partial charge in [-0.05, 0) is 47.4 Å². The van der Waals surface area contributed by atoms with Gasteiger partial charge in [-0.25, -0.2) is 0 Å². The molecule has 0 bridgehead atoms. The van der Waals surface area contributed by atoms with Crippen molar-refractivity contribution in [3.05, 3.63) is 58.4 Å². The number of aryl methyl sites for hydroxylation is 1. The van der Waals surface area contributed by atoms with Gasteiger partial charge in [0.05, 0.1) is 0 Å². The first-order valence-electron chi connectivity index (χ1n) is 10.6. The van der Waals surface area contributed by atoms with Gasteiger partial charge in [0.1, 0.15) is 0 Å². The molecule has 0 saturated heterocycles. The van der Waals surface area contributed by atoms with Crippen molar-refractivity contribution in [3.63, 3.8) is 0 Å². The first kappa shape index (κ1) is 23.6. The molecule has 1 amide bonds. The van der Waals surface area contributed by atoms with Crippen molar-refractivity contribution >= 4 is 58.1 Å². The molecule has 166 valence electrons. The van der Waals surface area contributed by atoms with Crippen LogP contribution in [0.2, 0.25) is 0 Å². The van der Waals surface area contributed by atoms with Gasteiger partial charge >= 0.3 is 0 Å². The smallest absolute Gasteiger partial charge is 0.224 e. The Morgan fingerprint density at radius 2 is 2.00 bits per heavy atom. The molecule has 0 fully saturated rings. The van der Waals surface area contributed by atoms with Crippen molar-refractivity contribution in [3.8, 4) is 0 Å². The van der Waals surface area contributed by atoms with Gasteiger partial charge in [-0.3, -0.25) is 9.79 Å². The molecule has 3 heterocycles. The molecule has 0 unspecified atom stereocenters. The van der Waals surface area contributed by atoms with E-state index in [0.717, 1.165) is 45.0 Å². The minimum Gasteiger partial charge on any atom is -0.356 e. The minimum absolute atomic E-state index is 0. The van der Waals surface area contributed by atoms with E-state index in [1.807, 2.05) is 4.90 Å². The number of para-hydroxylation sites is 1. The average molecular weight is 551 g/mol. The van der Waals surface area contributed by atoms with E-state index in [4.69, 9.17) is 0 Å². The number of rotatable bonds is 7. The Labute approximate surface area is 204 Å². The quantitative estimate of drug-likeness (QED) is 0.203. The number of benzene rings is 1. The van der Waals surface area contributed by atoms with Crippen LogP contribution in [0.5, 0.6) is 0 Å². The van der Waals surface area contributed by atoms with E-state index < -0.39 is 0 Å². The minimum atomic E-state index is 0. The van der Waals surface area contributed by atoms with Gasteiger partial charge < -0.3 is 20.1 Å². The maximum absolute atomic E-state index is 12.5. The van der Waals surface area contributed by atoms with Crippen LogP contribution in [0.3, 0.4) is 0 Å². The van der Waals surface area contributed by atoms with Crippen LogP contribution < -0.4 is 10.6 Å². The van der Waals surface area contributed by atoms with Gasteiger partial charge in [0.25, 0.3) is 0 Å². The van der Waals surface area contributed by atoms with E-state index in [9.17, 15) is 4.79 Å². The molecule has 0 saturated carbocycles. The molecule has 2 N–H and O–H groups in total. The summed E-state index contributed by atoms with van der Waals surface area (Å²) in [5.41, 5.74) is 2.58. The number of carbonyl (C=O) groups is 1. The second-order valence-electron chi connectivity index (χ2n) is 7.53. The highest BCUT2D eigenvalue weighted by molar-refractivity contribution is 14.0. The Hall–Kier alpha value is -2.07. The second-order valence-corrected chi connectivity index (χ2v) is 8.53. The number of thiophene rings is 1. The van der Waals surface area contributed by atoms with Crippen molar-refractivity contribution in [2.75, 3.05) is 26.7 Å². The highest BCUT2D eigenvalue weighted by atomic mass is 127. The summed E-state index contributed by atoms with van der Waals surface area (Å²) < 4.78 is 2.28. The summed E-state index contributed by atoms with van der Waals surface area (Å²) in [6.45, 7) is 3.95. The van der Waals surface area contributed by atoms with Gasteiger partial charge in [0.15, 0.2) is 5.96 Å². The molecule has 0 radical (unpaired) electrons. The van der Waals surface area contributed by atoms with E-state index in [-0.39, 0.29) is 29.9 Å².